The van der Waals surface area contributed by atoms with Crippen LogP contribution in [0.15, 0.2) is 0 Å². The van der Waals surface area contributed by atoms with E-state index in [2.05, 4.69) is 36.0 Å². The molecule has 2 rings (SSSR count). The highest BCUT2D eigenvalue weighted by Gasteiger charge is 2.21. The Hall–Kier alpha value is -1.32. The lowest BCUT2D eigenvalue weighted by Crippen LogP contribution is -2.34. The smallest absolute Gasteiger partial charge is 0.137 e. The zero-order chi connectivity index (χ0) is 13.8. The van der Waals surface area contributed by atoms with Crippen molar-refractivity contribution in [2.75, 3.05) is 23.3 Å². The van der Waals surface area contributed by atoms with Crippen LogP contribution in [0.2, 0.25) is 0 Å². The summed E-state index contributed by atoms with van der Waals surface area (Å²) >= 11 is 0. The van der Waals surface area contributed by atoms with E-state index in [0.717, 1.165) is 30.5 Å². The summed E-state index contributed by atoms with van der Waals surface area (Å²) in [6.45, 7) is 10.5. The van der Waals surface area contributed by atoms with Crippen molar-refractivity contribution in [2.45, 2.75) is 59.4 Å². The highest BCUT2D eigenvalue weighted by Crippen LogP contribution is 2.28. The van der Waals surface area contributed by atoms with Crippen molar-refractivity contribution in [1.29, 1.82) is 0 Å². The molecule has 1 aliphatic heterocycles. The molecule has 0 aromatic carbocycles. The Morgan fingerprint density at radius 1 is 1.21 bits per heavy atom. The molecule has 1 aliphatic rings. The van der Waals surface area contributed by atoms with E-state index in [4.69, 9.17) is 4.98 Å². The van der Waals surface area contributed by atoms with Crippen LogP contribution in [0.25, 0.3) is 0 Å². The van der Waals surface area contributed by atoms with Crippen LogP contribution in [0.1, 0.15) is 50.9 Å². The van der Waals surface area contributed by atoms with Crippen molar-refractivity contribution in [3.63, 3.8) is 0 Å². The summed E-state index contributed by atoms with van der Waals surface area (Å²) in [6.07, 6.45) is 5.20. The first kappa shape index (κ1) is 14.1. The number of nitrogens with zero attached hydrogens (tertiary/aromatic N) is 3. The van der Waals surface area contributed by atoms with E-state index in [1.165, 1.54) is 31.2 Å². The maximum atomic E-state index is 4.71. The molecule has 1 aromatic rings. The minimum Gasteiger partial charge on any atom is -0.370 e. The summed E-state index contributed by atoms with van der Waals surface area (Å²) < 4.78 is 0. The first-order valence-corrected chi connectivity index (χ1v) is 7.49. The molecule has 19 heavy (non-hydrogen) atoms. The van der Waals surface area contributed by atoms with Gasteiger partial charge in [-0.25, -0.2) is 9.97 Å². The number of nitrogens with one attached hydrogen (secondary N) is 1. The van der Waals surface area contributed by atoms with Gasteiger partial charge in [0.15, 0.2) is 0 Å². The summed E-state index contributed by atoms with van der Waals surface area (Å²) in [4.78, 5) is 11.7. The van der Waals surface area contributed by atoms with Crippen LogP contribution in [-0.2, 0) is 0 Å². The van der Waals surface area contributed by atoms with Crippen LogP contribution >= 0.6 is 0 Å². The molecule has 1 atom stereocenters. The van der Waals surface area contributed by atoms with E-state index in [1.807, 2.05) is 6.92 Å². The second-order valence-corrected chi connectivity index (χ2v) is 5.49. The number of anilines is 2. The van der Waals surface area contributed by atoms with E-state index >= 15 is 0 Å². The van der Waals surface area contributed by atoms with E-state index in [9.17, 15) is 0 Å². The number of hydrogen-bond donors (Lipinski definition) is 1. The van der Waals surface area contributed by atoms with Gasteiger partial charge < -0.3 is 10.2 Å². The van der Waals surface area contributed by atoms with Gasteiger partial charge in [0.25, 0.3) is 0 Å². The first-order chi connectivity index (χ1) is 9.13. The third-order valence-corrected chi connectivity index (χ3v) is 3.90. The highest BCUT2D eigenvalue weighted by atomic mass is 15.2. The molecular weight excluding hydrogens is 236 g/mol. The van der Waals surface area contributed by atoms with Gasteiger partial charge in [0.05, 0.1) is 0 Å². The van der Waals surface area contributed by atoms with E-state index < -0.39 is 0 Å². The molecule has 1 aromatic heterocycles. The fraction of sp³-hybridized carbons (Fsp3) is 0.733. The van der Waals surface area contributed by atoms with Crippen molar-refractivity contribution in [3.05, 3.63) is 11.4 Å². The van der Waals surface area contributed by atoms with E-state index in [1.54, 1.807) is 0 Å². The van der Waals surface area contributed by atoms with Crippen molar-refractivity contribution in [2.24, 2.45) is 0 Å². The van der Waals surface area contributed by atoms with Gasteiger partial charge in [0, 0.05) is 24.7 Å². The molecule has 4 nitrogen and oxygen atoms in total. The molecule has 0 bridgehead atoms. The number of aryl methyl sites for hydroxylation is 1. The molecule has 0 amide bonds. The highest BCUT2D eigenvalue weighted by molar-refractivity contribution is 5.59. The van der Waals surface area contributed by atoms with Gasteiger partial charge in [-0.3, -0.25) is 0 Å². The Balaban J connectivity index is 2.36. The van der Waals surface area contributed by atoms with Crippen LogP contribution in [0.4, 0.5) is 11.6 Å². The molecule has 1 fully saturated rings. The summed E-state index contributed by atoms with van der Waals surface area (Å²) in [5, 5.41) is 3.35. The Morgan fingerprint density at radius 2 is 2.00 bits per heavy atom. The van der Waals surface area contributed by atoms with Crippen molar-refractivity contribution >= 4 is 11.6 Å². The van der Waals surface area contributed by atoms with Gasteiger partial charge >= 0.3 is 0 Å². The largest absolute Gasteiger partial charge is 0.370 e. The lowest BCUT2D eigenvalue weighted by Gasteiger charge is -2.30. The first-order valence-electron chi connectivity index (χ1n) is 7.49. The molecule has 1 N–H and O–H groups in total. The van der Waals surface area contributed by atoms with Gasteiger partial charge in [-0.05, 0) is 40.5 Å². The minimum atomic E-state index is 0.574. The Morgan fingerprint density at radius 3 is 2.74 bits per heavy atom. The lowest BCUT2D eigenvalue weighted by molar-refractivity contribution is 0.608. The fourth-order valence-electron chi connectivity index (χ4n) is 2.82. The molecule has 1 saturated heterocycles. The van der Waals surface area contributed by atoms with Crippen LogP contribution in [-0.4, -0.2) is 29.1 Å². The van der Waals surface area contributed by atoms with Crippen LogP contribution in [0.3, 0.4) is 0 Å². The standard InChI is InChI=1S/C15H26N4/c1-5-16-14-12(3)15(18-13(4)17-14)19-10-8-6-7-9-11(19)2/h11H,5-10H2,1-4H3,(H,16,17,18). The lowest BCUT2D eigenvalue weighted by atomic mass is 10.1. The van der Waals surface area contributed by atoms with E-state index in [0.29, 0.717) is 6.04 Å². The maximum absolute atomic E-state index is 4.71. The number of hydrogen-bond acceptors (Lipinski definition) is 4. The predicted molar refractivity (Wildman–Crippen MR) is 80.9 cm³/mol. The Kier molecular flexibility index (Phi) is 4.61. The molecule has 0 spiro atoms. The minimum absolute atomic E-state index is 0.574. The molecular formula is C15H26N4. The SMILES string of the molecule is CCNc1nc(C)nc(N2CCCCCC2C)c1C. The molecule has 0 radical (unpaired) electrons. The van der Waals surface area contributed by atoms with Gasteiger partial charge in [0.1, 0.15) is 17.5 Å². The number of rotatable bonds is 3. The van der Waals surface area contributed by atoms with Crippen molar-refractivity contribution < 1.29 is 0 Å². The second kappa shape index (κ2) is 6.22. The Bertz CT molecular complexity index is 430. The van der Waals surface area contributed by atoms with Crippen molar-refractivity contribution in [3.8, 4) is 0 Å². The average molecular weight is 262 g/mol. The van der Waals surface area contributed by atoms with Crippen LogP contribution in [0, 0.1) is 13.8 Å². The van der Waals surface area contributed by atoms with Gasteiger partial charge in [-0.2, -0.15) is 0 Å². The van der Waals surface area contributed by atoms with Crippen LogP contribution in [0.5, 0.6) is 0 Å². The quantitative estimate of drug-likeness (QED) is 0.907. The predicted octanol–water partition coefficient (Wildman–Crippen LogP) is 3.29. The summed E-state index contributed by atoms with van der Waals surface area (Å²) in [5.74, 6) is 2.97. The summed E-state index contributed by atoms with van der Waals surface area (Å²) in [7, 11) is 0. The van der Waals surface area contributed by atoms with Crippen molar-refractivity contribution in [1.82, 2.24) is 9.97 Å². The third-order valence-electron chi connectivity index (χ3n) is 3.90. The summed E-state index contributed by atoms with van der Waals surface area (Å²) in [5.41, 5.74) is 1.18. The maximum Gasteiger partial charge on any atom is 0.137 e. The molecule has 2 heterocycles. The fourth-order valence-corrected chi connectivity index (χ4v) is 2.82. The second-order valence-electron chi connectivity index (χ2n) is 5.49. The van der Waals surface area contributed by atoms with Gasteiger partial charge in [0.2, 0.25) is 0 Å². The summed E-state index contributed by atoms with van der Waals surface area (Å²) in [6, 6.07) is 0.574. The molecule has 4 heteroatoms. The Labute approximate surface area is 116 Å². The van der Waals surface area contributed by atoms with Gasteiger partial charge in [-0.1, -0.05) is 12.8 Å². The van der Waals surface area contributed by atoms with E-state index in [-0.39, 0.29) is 0 Å². The topological polar surface area (TPSA) is 41.1 Å². The zero-order valence-corrected chi connectivity index (χ0v) is 12.7. The average Bonchev–Trinajstić information content (AvgIpc) is 2.58. The van der Waals surface area contributed by atoms with Crippen LogP contribution < -0.4 is 10.2 Å². The normalized spacial score (nSPS) is 20.2. The molecule has 106 valence electrons. The zero-order valence-electron chi connectivity index (χ0n) is 12.7. The number of aromatic nitrogens is 2. The van der Waals surface area contributed by atoms with Gasteiger partial charge in [-0.15, -0.1) is 0 Å². The molecule has 1 unspecified atom stereocenters. The molecule has 0 aliphatic carbocycles. The molecule has 0 saturated carbocycles. The third kappa shape index (κ3) is 3.17. The monoisotopic (exact) mass is 262 g/mol.